The van der Waals surface area contributed by atoms with Crippen molar-refractivity contribution >= 4 is 11.6 Å². The number of rotatable bonds is 4. The standard InChI is InChI=1S/C11H21ClN2/c1-14(8-4-7-12)11-6-3-2-5-10(11)9-13/h4,7,10-11H,2-3,5-6,8-9,13H2,1H3. The van der Waals surface area contributed by atoms with Crippen LogP contribution in [0.5, 0.6) is 0 Å². The van der Waals surface area contributed by atoms with Crippen molar-refractivity contribution in [3.63, 3.8) is 0 Å². The van der Waals surface area contributed by atoms with Gasteiger partial charge in [-0.2, -0.15) is 0 Å². The summed E-state index contributed by atoms with van der Waals surface area (Å²) in [6.07, 6.45) is 7.25. The van der Waals surface area contributed by atoms with Gasteiger partial charge in [0.05, 0.1) is 0 Å². The third-order valence-electron chi connectivity index (χ3n) is 3.22. The van der Waals surface area contributed by atoms with Crippen LogP contribution < -0.4 is 5.73 Å². The summed E-state index contributed by atoms with van der Waals surface area (Å²) in [6.45, 7) is 1.75. The van der Waals surface area contributed by atoms with Gasteiger partial charge < -0.3 is 5.73 Å². The first-order chi connectivity index (χ1) is 6.79. The molecule has 2 atom stereocenters. The van der Waals surface area contributed by atoms with Crippen LogP contribution in [0, 0.1) is 5.92 Å². The summed E-state index contributed by atoms with van der Waals surface area (Å²) in [5, 5.41) is 0. The summed E-state index contributed by atoms with van der Waals surface area (Å²) >= 11 is 5.52. The Labute approximate surface area is 92.1 Å². The molecule has 0 saturated heterocycles. The molecule has 2 nitrogen and oxygen atoms in total. The van der Waals surface area contributed by atoms with Crippen LogP contribution in [0.3, 0.4) is 0 Å². The van der Waals surface area contributed by atoms with E-state index in [0.717, 1.165) is 13.1 Å². The quantitative estimate of drug-likeness (QED) is 0.781. The fraction of sp³-hybridized carbons (Fsp3) is 0.818. The van der Waals surface area contributed by atoms with Gasteiger partial charge in [0.15, 0.2) is 0 Å². The molecule has 1 rings (SSSR count). The lowest BCUT2D eigenvalue weighted by Crippen LogP contribution is -2.43. The zero-order chi connectivity index (χ0) is 10.4. The van der Waals surface area contributed by atoms with E-state index < -0.39 is 0 Å². The molecule has 0 bridgehead atoms. The van der Waals surface area contributed by atoms with Gasteiger partial charge >= 0.3 is 0 Å². The number of nitrogens with zero attached hydrogens (tertiary/aromatic N) is 1. The molecule has 1 saturated carbocycles. The molecule has 0 aromatic heterocycles. The van der Waals surface area contributed by atoms with Crippen LogP contribution >= 0.6 is 11.6 Å². The molecular formula is C11H21ClN2. The van der Waals surface area contributed by atoms with Gasteiger partial charge in [-0.15, -0.1) is 0 Å². The third kappa shape index (κ3) is 3.26. The van der Waals surface area contributed by atoms with Crippen molar-refractivity contribution in [3.05, 3.63) is 11.6 Å². The molecule has 0 aromatic carbocycles. The highest BCUT2D eigenvalue weighted by atomic mass is 35.5. The van der Waals surface area contributed by atoms with Crippen molar-refractivity contribution in [1.29, 1.82) is 0 Å². The van der Waals surface area contributed by atoms with Crippen LogP contribution in [0.1, 0.15) is 25.7 Å². The Morgan fingerprint density at radius 2 is 2.14 bits per heavy atom. The number of hydrogen-bond acceptors (Lipinski definition) is 2. The molecule has 0 spiro atoms. The van der Waals surface area contributed by atoms with E-state index in [9.17, 15) is 0 Å². The second kappa shape index (κ2) is 6.44. The second-order valence-electron chi connectivity index (χ2n) is 4.15. The average molecular weight is 217 g/mol. The van der Waals surface area contributed by atoms with E-state index in [2.05, 4.69) is 11.9 Å². The van der Waals surface area contributed by atoms with E-state index in [-0.39, 0.29) is 0 Å². The summed E-state index contributed by atoms with van der Waals surface area (Å²) in [4.78, 5) is 2.37. The van der Waals surface area contributed by atoms with Gasteiger partial charge in [0.1, 0.15) is 0 Å². The number of nitrogens with two attached hydrogens (primary N) is 1. The summed E-state index contributed by atoms with van der Waals surface area (Å²) in [7, 11) is 2.16. The largest absolute Gasteiger partial charge is 0.330 e. The Morgan fingerprint density at radius 1 is 1.43 bits per heavy atom. The van der Waals surface area contributed by atoms with Gasteiger partial charge in [-0.1, -0.05) is 30.5 Å². The minimum absolute atomic E-state index is 0.654. The van der Waals surface area contributed by atoms with Crippen molar-refractivity contribution in [2.45, 2.75) is 31.7 Å². The van der Waals surface area contributed by atoms with E-state index in [0.29, 0.717) is 12.0 Å². The minimum Gasteiger partial charge on any atom is -0.330 e. The molecule has 14 heavy (non-hydrogen) atoms. The van der Waals surface area contributed by atoms with E-state index in [1.807, 2.05) is 6.08 Å². The number of halogens is 1. The molecule has 0 aliphatic heterocycles. The fourth-order valence-electron chi connectivity index (χ4n) is 2.38. The Bertz CT molecular complexity index is 182. The highest BCUT2D eigenvalue weighted by Crippen LogP contribution is 2.26. The molecule has 2 N–H and O–H groups in total. The van der Waals surface area contributed by atoms with Gasteiger partial charge in [0.25, 0.3) is 0 Å². The van der Waals surface area contributed by atoms with Crippen LogP contribution in [0.4, 0.5) is 0 Å². The lowest BCUT2D eigenvalue weighted by molar-refractivity contribution is 0.146. The van der Waals surface area contributed by atoms with Gasteiger partial charge in [0.2, 0.25) is 0 Å². The SMILES string of the molecule is CN(CC=CCl)C1CCCCC1CN. The van der Waals surface area contributed by atoms with Gasteiger partial charge in [-0.25, -0.2) is 0 Å². The topological polar surface area (TPSA) is 29.3 Å². The van der Waals surface area contributed by atoms with Gasteiger partial charge in [0, 0.05) is 18.1 Å². The molecular weight excluding hydrogens is 196 g/mol. The van der Waals surface area contributed by atoms with Crippen molar-refractivity contribution in [2.24, 2.45) is 11.7 Å². The molecule has 2 unspecified atom stereocenters. The Balaban J connectivity index is 2.45. The van der Waals surface area contributed by atoms with E-state index in [1.165, 1.54) is 25.7 Å². The normalized spacial score (nSPS) is 28.9. The first-order valence-electron chi connectivity index (χ1n) is 5.45. The first-order valence-corrected chi connectivity index (χ1v) is 5.88. The number of hydrogen-bond donors (Lipinski definition) is 1. The molecule has 1 aliphatic rings. The Morgan fingerprint density at radius 3 is 2.79 bits per heavy atom. The van der Waals surface area contributed by atoms with E-state index in [1.54, 1.807) is 5.54 Å². The Hall–Kier alpha value is -0.0500. The van der Waals surface area contributed by atoms with Crippen LogP contribution in [-0.2, 0) is 0 Å². The van der Waals surface area contributed by atoms with Gasteiger partial charge in [-0.05, 0) is 32.4 Å². The van der Waals surface area contributed by atoms with Crippen LogP contribution in [0.15, 0.2) is 11.6 Å². The van der Waals surface area contributed by atoms with Crippen molar-refractivity contribution in [2.75, 3.05) is 20.1 Å². The monoisotopic (exact) mass is 216 g/mol. The third-order valence-corrected chi connectivity index (χ3v) is 3.40. The van der Waals surface area contributed by atoms with Crippen molar-refractivity contribution in [1.82, 2.24) is 4.90 Å². The predicted molar refractivity (Wildman–Crippen MR) is 62.4 cm³/mol. The van der Waals surface area contributed by atoms with E-state index >= 15 is 0 Å². The lowest BCUT2D eigenvalue weighted by Gasteiger charge is -2.37. The Kier molecular flexibility index (Phi) is 5.53. The summed E-state index contributed by atoms with van der Waals surface area (Å²) in [5.41, 5.74) is 7.38. The molecule has 3 heteroatoms. The molecule has 1 fully saturated rings. The molecule has 0 radical (unpaired) electrons. The van der Waals surface area contributed by atoms with Crippen LogP contribution in [-0.4, -0.2) is 31.1 Å². The zero-order valence-corrected chi connectivity index (χ0v) is 9.71. The second-order valence-corrected chi connectivity index (χ2v) is 4.40. The van der Waals surface area contributed by atoms with Crippen LogP contribution in [0.2, 0.25) is 0 Å². The van der Waals surface area contributed by atoms with Gasteiger partial charge in [-0.3, -0.25) is 4.90 Å². The highest BCUT2D eigenvalue weighted by molar-refractivity contribution is 6.25. The molecule has 82 valence electrons. The van der Waals surface area contributed by atoms with E-state index in [4.69, 9.17) is 17.3 Å². The van der Waals surface area contributed by atoms with Crippen molar-refractivity contribution < 1.29 is 0 Å². The molecule has 0 amide bonds. The molecule has 0 heterocycles. The summed E-state index contributed by atoms with van der Waals surface area (Å²) in [5.74, 6) is 0.678. The predicted octanol–water partition coefficient (Wildman–Crippen LogP) is 2.19. The summed E-state index contributed by atoms with van der Waals surface area (Å²) < 4.78 is 0. The average Bonchev–Trinajstić information content (AvgIpc) is 2.25. The maximum absolute atomic E-state index is 5.79. The smallest absolute Gasteiger partial charge is 0.0174 e. The zero-order valence-electron chi connectivity index (χ0n) is 8.95. The first kappa shape index (κ1) is 12.0. The van der Waals surface area contributed by atoms with Crippen molar-refractivity contribution in [3.8, 4) is 0 Å². The maximum Gasteiger partial charge on any atom is 0.0174 e. The highest BCUT2D eigenvalue weighted by Gasteiger charge is 2.26. The minimum atomic E-state index is 0.654. The summed E-state index contributed by atoms with van der Waals surface area (Å²) in [6, 6.07) is 0.654. The molecule has 1 aliphatic carbocycles. The maximum atomic E-state index is 5.79. The van der Waals surface area contributed by atoms with Crippen LogP contribution in [0.25, 0.3) is 0 Å². The lowest BCUT2D eigenvalue weighted by atomic mass is 9.84. The molecule has 0 aromatic rings. The fourth-order valence-corrected chi connectivity index (χ4v) is 2.46. The number of likely N-dealkylation sites (N-methyl/N-ethyl adjacent to an activating group) is 1.